The first-order chi connectivity index (χ1) is 71.4. The molecular formula is C112H85ClF5N11O19. The van der Waals surface area contributed by atoms with Crippen LogP contribution in [0.4, 0.5) is 22.0 Å². The number of carbonyl (C=O) groups is 6. The molecule has 0 bridgehead atoms. The number of oxime groups is 1. The SMILES string of the molecule is C=c1c2c(c(O)n1Cc1ccc(F)cc1)C(=O)c1ncccc1C=2OC.COc1c2c(c(O)c3ncccc13)C(=O)N(Cc1ccc(F)cc1)C2(O)c1ccccc1.COc1c2c(c(O)c3ncccc13)C(=O)N(Cc1ccc(F)cc1)C21CC(C(=O)c2ccc(Cl)cc2)=NO1.COc1c2c(c(O)c3ncccc13)C(=O)N(Cc1ccc(F)cc1)C2C.COc1c2c(c(O)c3ncccc13)C(=O)N(Cc1ccc(F)cc1)C2O. The molecule has 4 amide bonds. The van der Waals surface area contributed by atoms with Gasteiger partial charge in [0, 0.05) is 105 Å². The number of aliphatic hydroxyl groups excluding tert-OH is 1. The molecule has 5 aliphatic heterocycles. The molecule has 6 aromatic heterocycles. The minimum atomic E-state index is -1.94. The van der Waals surface area contributed by atoms with Crippen LogP contribution in [0, 0.1) is 29.1 Å². The molecule has 11 heterocycles. The predicted octanol–water partition coefficient (Wildman–Crippen LogP) is 17.2. The Balaban J connectivity index is 0.000000117. The van der Waals surface area contributed by atoms with Gasteiger partial charge in [0.25, 0.3) is 23.6 Å². The molecule has 11 aromatic carbocycles. The summed E-state index contributed by atoms with van der Waals surface area (Å²) in [4.78, 5) is 112. The number of aromatic nitrogens is 6. The molecule has 6 aliphatic rings. The maximum absolute atomic E-state index is 13.9. The summed E-state index contributed by atoms with van der Waals surface area (Å²) in [5, 5.41) is 84.7. The van der Waals surface area contributed by atoms with Crippen molar-refractivity contribution in [3.63, 3.8) is 0 Å². The molecule has 1 spiro atoms. The van der Waals surface area contributed by atoms with E-state index in [-0.39, 0.29) is 181 Å². The number of benzene rings is 11. The zero-order chi connectivity index (χ0) is 104. The van der Waals surface area contributed by atoms with E-state index in [0.29, 0.717) is 105 Å². The molecule has 36 heteroatoms. The lowest BCUT2D eigenvalue weighted by molar-refractivity contribution is -0.122. The lowest BCUT2D eigenvalue weighted by Gasteiger charge is -2.35. The van der Waals surface area contributed by atoms with Gasteiger partial charge >= 0.3 is 0 Å². The quantitative estimate of drug-likeness (QED) is 0.0310. The molecule has 4 atom stereocenters. The van der Waals surface area contributed by atoms with Gasteiger partial charge in [-0.3, -0.25) is 63.5 Å². The van der Waals surface area contributed by atoms with Crippen molar-refractivity contribution in [3.8, 4) is 51.9 Å². The number of aliphatic hydroxyl groups is 2. The van der Waals surface area contributed by atoms with Gasteiger partial charge in [0.2, 0.25) is 23.2 Å². The van der Waals surface area contributed by atoms with Gasteiger partial charge in [0.05, 0.1) is 111 Å². The molecule has 30 nitrogen and oxygen atoms in total. The van der Waals surface area contributed by atoms with Gasteiger partial charge in [0.15, 0.2) is 35.0 Å². The smallest absolute Gasteiger partial charge is 0.262 e. The second-order valence-electron chi connectivity index (χ2n) is 34.9. The molecule has 1 aliphatic carbocycles. The van der Waals surface area contributed by atoms with Crippen molar-refractivity contribution in [1.29, 1.82) is 0 Å². The van der Waals surface area contributed by atoms with Crippen LogP contribution in [-0.2, 0) is 53.7 Å². The van der Waals surface area contributed by atoms with E-state index >= 15 is 0 Å². The molecule has 23 rings (SSSR count). The summed E-state index contributed by atoms with van der Waals surface area (Å²) in [5.74, 6) is -4.11. The number of pyridine rings is 5. The van der Waals surface area contributed by atoms with Gasteiger partial charge in [-0.2, -0.15) is 0 Å². The van der Waals surface area contributed by atoms with Gasteiger partial charge in [-0.1, -0.05) is 114 Å². The van der Waals surface area contributed by atoms with E-state index in [1.54, 1.807) is 182 Å². The number of Topliss-reactive ketones (excluding diaryl/α,β-unsaturated/α-hetero) is 1. The number of amides is 4. The number of rotatable bonds is 18. The first-order valence-corrected chi connectivity index (χ1v) is 46.2. The van der Waals surface area contributed by atoms with Gasteiger partial charge in [-0.05, 0) is 180 Å². The summed E-state index contributed by atoms with van der Waals surface area (Å²) < 4.78 is 95.9. The minimum Gasteiger partial charge on any atom is -0.505 e. The Kier molecular flexibility index (Phi) is 26.5. The Morgan fingerprint density at radius 3 is 1.30 bits per heavy atom. The van der Waals surface area contributed by atoms with E-state index < -0.39 is 52.8 Å². The van der Waals surface area contributed by atoms with Crippen LogP contribution in [-0.4, -0.2) is 161 Å². The number of phenols is 4. The Bertz CT molecular complexity index is 8270. The lowest BCUT2D eigenvalue weighted by atomic mass is 9.90. The Morgan fingerprint density at radius 1 is 0.439 bits per heavy atom. The Labute approximate surface area is 842 Å². The number of halogens is 6. The average molecular weight is 2020 g/mol. The van der Waals surface area contributed by atoms with Crippen molar-refractivity contribution in [2.45, 2.75) is 69.8 Å². The first kappa shape index (κ1) is 98.6. The number of phenolic OH excluding ortho intramolecular Hbond substituents is 4. The molecule has 17 aromatic rings. The number of carbonyl (C=O) groups excluding carboxylic acids is 6. The topological polar surface area (TPSA) is 394 Å². The van der Waals surface area contributed by atoms with E-state index in [4.69, 9.17) is 40.1 Å². The van der Waals surface area contributed by atoms with Crippen molar-refractivity contribution < 1.29 is 115 Å². The summed E-state index contributed by atoms with van der Waals surface area (Å²) >= 11 is 5.97. The number of ether oxygens (including phenoxy) is 5. The second kappa shape index (κ2) is 39.8. The largest absolute Gasteiger partial charge is 0.505 e. The van der Waals surface area contributed by atoms with Crippen molar-refractivity contribution in [2.24, 2.45) is 5.16 Å². The average Bonchev–Trinajstić information content (AvgIpc) is 1.52. The third kappa shape index (κ3) is 17.0. The molecule has 7 N–H and O–H groups in total. The molecule has 0 fully saturated rings. The molecule has 4 unspecified atom stereocenters. The standard InChI is InChI=1S/C28H19ClFN3O5.C25H19FN2O4.C20H17FN2O3.C20H15FN2O3.C19H15FN2O4/c1-37-26-19-3-2-12-31-23(19)25(35)21-22(26)28(33(27(21)36)14-15-4-10-18(30)11-5-15)13-20(32-38-28)24(34)16-6-8-17(29)9-7-16;1-32-23-18-8-5-13-27-21(18)22(29)19-20(23)25(31,16-6-3-2-4-7-16)28(24(19)30)14-15-9-11-17(26)12-10-15;2*1-11-15-16(18(24)17-14(19(15)26-2)4-3-9-22-17)20(25)23(11)10-12-5-7-13(21)8-6-12;1-26-17-12-3-2-8-21-15(12)16(23)13-14(17)19(25)22(18(13)24)9-10-4-6-11(20)7-5-10/h2-12,35H,13-14H2,1H3;2-13,29,31H,14H2,1H3;3-9,11,24H,10H2,1-2H3;3-9,25H,1,10H2,2H3;2-8,19,23,25H,9H2,1H3. The number of aromatic hydroxyl groups is 5. The van der Waals surface area contributed by atoms with Crippen molar-refractivity contribution in [1.82, 2.24) is 49.1 Å². The third-order valence-electron chi connectivity index (χ3n) is 26.5. The Hall–Kier alpha value is -18.2. The van der Waals surface area contributed by atoms with Crippen LogP contribution in [0.2, 0.25) is 5.02 Å². The minimum absolute atomic E-state index is 0.0158. The lowest BCUT2D eigenvalue weighted by Crippen LogP contribution is -2.44. The van der Waals surface area contributed by atoms with Crippen LogP contribution in [0.5, 0.6) is 51.9 Å². The fraction of sp³-hybridized carbons (Fsp3) is 0.143. The van der Waals surface area contributed by atoms with E-state index in [2.05, 4.69) is 36.7 Å². The number of methoxy groups -OCH3 is 5. The van der Waals surface area contributed by atoms with E-state index in [9.17, 15) is 86.5 Å². The summed E-state index contributed by atoms with van der Waals surface area (Å²) in [6, 6.07) is 60.8. The number of hydrogen-bond donors (Lipinski definition) is 7. The number of hydrogen-bond acceptors (Lipinski definition) is 25. The first-order valence-electron chi connectivity index (χ1n) is 45.8. The number of fused-ring (bicyclic) bond motifs is 11. The fourth-order valence-corrected chi connectivity index (χ4v) is 19.7. The highest BCUT2D eigenvalue weighted by atomic mass is 35.5. The van der Waals surface area contributed by atoms with Crippen LogP contribution < -0.4 is 29.5 Å². The summed E-state index contributed by atoms with van der Waals surface area (Å²) in [6.45, 7) is 6.48. The van der Waals surface area contributed by atoms with Crippen molar-refractivity contribution >= 4 is 108 Å². The summed E-state index contributed by atoms with van der Waals surface area (Å²) in [6.07, 6.45) is 6.17. The van der Waals surface area contributed by atoms with Crippen LogP contribution >= 0.6 is 11.6 Å². The molecule has 0 saturated carbocycles. The molecule has 148 heavy (non-hydrogen) atoms. The van der Waals surface area contributed by atoms with Gasteiger partial charge in [0.1, 0.15) is 91.3 Å². The van der Waals surface area contributed by atoms with E-state index in [1.165, 1.54) is 145 Å². The summed E-state index contributed by atoms with van der Waals surface area (Å²) in [7, 11) is 7.35. The van der Waals surface area contributed by atoms with Crippen molar-refractivity contribution in [3.05, 3.63) is 413 Å². The number of nitrogens with zero attached hydrogens (tertiary/aromatic N) is 11. The number of ketones is 2. The van der Waals surface area contributed by atoms with Crippen LogP contribution in [0.3, 0.4) is 0 Å². The highest BCUT2D eigenvalue weighted by molar-refractivity contribution is 6.46. The van der Waals surface area contributed by atoms with E-state index in [1.807, 2.05) is 6.92 Å². The maximum atomic E-state index is 13.9. The third-order valence-corrected chi connectivity index (χ3v) is 26.8. The fourth-order valence-electron chi connectivity index (χ4n) is 19.6. The van der Waals surface area contributed by atoms with Crippen LogP contribution in [0.1, 0.15) is 155 Å². The molecular weight excluding hydrogens is 1930 g/mol. The second-order valence-corrected chi connectivity index (χ2v) is 35.3. The molecule has 744 valence electrons. The van der Waals surface area contributed by atoms with Gasteiger partial charge < -0.3 is 78.6 Å². The molecule has 0 saturated heterocycles. The monoisotopic (exact) mass is 2020 g/mol. The van der Waals surface area contributed by atoms with Crippen molar-refractivity contribution in [2.75, 3.05) is 35.5 Å². The van der Waals surface area contributed by atoms with Crippen LogP contribution in [0.25, 0.3) is 55.9 Å². The molecule has 0 radical (unpaired) electrons. The normalized spacial score (nSPS) is 16.4. The van der Waals surface area contributed by atoms with Crippen LogP contribution in [0.15, 0.2) is 273 Å². The maximum Gasteiger partial charge on any atom is 0.262 e. The highest BCUT2D eigenvalue weighted by Gasteiger charge is 2.61. The predicted molar refractivity (Wildman–Crippen MR) is 532 cm³/mol. The Morgan fingerprint density at radius 2 is 0.831 bits per heavy atom. The highest BCUT2D eigenvalue weighted by Crippen LogP contribution is 2.58. The van der Waals surface area contributed by atoms with Gasteiger partial charge in [-0.15, -0.1) is 0 Å². The summed E-state index contributed by atoms with van der Waals surface area (Å²) in [5.41, 5.74) is 3.95. The zero-order valence-electron chi connectivity index (χ0n) is 79.2. The van der Waals surface area contributed by atoms with E-state index in [0.717, 1.165) is 11.1 Å². The van der Waals surface area contributed by atoms with Gasteiger partial charge in [-0.25, -0.2) is 22.0 Å². The zero-order valence-corrected chi connectivity index (χ0v) is 80.0.